The standard InChI is InChI=1S/C13H16ClF4NO/c1-12(2,3)11(20)10(19)7-4-6(13(16,17)18)5-8(14)9(7)15/h4-5,10-11,20H,19H2,1-3H3/t10-,11-/m1/s1. The van der Waals surface area contributed by atoms with Crippen LogP contribution in [0.25, 0.3) is 0 Å². The highest BCUT2D eigenvalue weighted by atomic mass is 35.5. The van der Waals surface area contributed by atoms with Crippen LogP contribution in [0.15, 0.2) is 12.1 Å². The molecule has 2 nitrogen and oxygen atoms in total. The van der Waals surface area contributed by atoms with Crippen LogP contribution in [0.3, 0.4) is 0 Å². The average molecular weight is 314 g/mol. The first-order valence-corrected chi connectivity index (χ1v) is 6.23. The Morgan fingerprint density at radius 1 is 1.20 bits per heavy atom. The van der Waals surface area contributed by atoms with Gasteiger partial charge in [0.15, 0.2) is 0 Å². The molecule has 0 bridgehead atoms. The minimum atomic E-state index is -4.67. The molecule has 0 saturated carbocycles. The van der Waals surface area contributed by atoms with Gasteiger partial charge < -0.3 is 10.8 Å². The number of rotatable bonds is 2. The molecule has 3 N–H and O–H groups in total. The predicted octanol–water partition coefficient (Wildman–Crippen LogP) is 3.90. The van der Waals surface area contributed by atoms with Crippen molar-refractivity contribution in [2.24, 2.45) is 11.1 Å². The minimum Gasteiger partial charge on any atom is -0.391 e. The third kappa shape index (κ3) is 3.62. The second-order valence-electron chi connectivity index (χ2n) is 5.70. The van der Waals surface area contributed by atoms with E-state index in [9.17, 15) is 22.7 Å². The molecular formula is C13H16ClF4NO. The predicted molar refractivity (Wildman–Crippen MR) is 68.8 cm³/mol. The summed E-state index contributed by atoms with van der Waals surface area (Å²) in [6, 6.07) is -0.230. The van der Waals surface area contributed by atoms with Crippen LogP contribution in [0.5, 0.6) is 0 Å². The van der Waals surface area contributed by atoms with Gasteiger partial charge in [-0.2, -0.15) is 13.2 Å². The molecule has 1 rings (SSSR count). The Hall–Kier alpha value is -0.850. The summed E-state index contributed by atoms with van der Waals surface area (Å²) in [5.41, 5.74) is 3.42. The summed E-state index contributed by atoms with van der Waals surface area (Å²) in [6.45, 7) is 4.93. The summed E-state index contributed by atoms with van der Waals surface area (Å²) >= 11 is 5.48. The Morgan fingerprint density at radius 3 is 2.10 bits per heavy atom. The lowest BCUT2D eigenvalue weighted by Crippen LogP contribution is -2.37. The summed E-state index contributed by atoms with van der Waals surface area (Å²) in [4.78, 5) is 0. The van der Waals surface area contributed by atoms with Gasteiger partial charge in [-0.1, -0.05) is 32.4 Å². The molecule has 0 aliphatic rings. The maximum absolute atomic E-state index is 13.9. The van der Waals surface area contributed by atoms with E-state index in [-0.39, 0.29) is 0 Å². The van der Waals surface area contributed by atoms with Crippen LogP contribution in [0, 0.1) is 11.2 Å². The fourth-order valence-electron chi connectivity index (χ4n) is 1.73. The Morgan fingerprint density at radius 2 is 1.70 bits per heavy atom. The highest BCUT2D eigenvalue weighted by molar-refractivity contribution is 6.30. The Bertz CT molecular complexity index is 496. The Labute approximate surface area is 119 Å². The molecule has 0 heterocycles. The molecule has 114 valence electrons. The number of nitrogens with two attached hydrogens (primary N) is 1. The second kappa shape index (κ2) is 5.50. The van der Waals surface area contributed by atoms with E-state index in [1.165, 1.54) is 0 Å². The van der Waals surface area contributed by atoms with E-state index in [1.54, 1.807) is 20.8 Å². The Balaban J connectivity index is 3.34. The first kappa shape index (κ1) is 17.2. The highest BCUT2D eigenvalue weighted by Gasteiger charge is 2.36. The number of hydrogen-bond acceptors (Lipinski definition) is 2. The molecule has 0 aliphatic heterocycles. The van der Waals surface area contributed by atoms with Gasteiger partial charge in [-0.15, -0.1) is 0 Å². The molecule has 2 atom stereocenters. The quantitative estimate of drug-likeness (QED) is 0.813. The minimum absolute atomic E-state index is 0.452. The number of benzene rings is 1. The van der Waals surface area contributed by atoms with Crippen molar-refractivity contribution in [3.05, 3.63) is 34.1 Å². The van der Waals surface area contributed by atoms with Gasteiger partial charge in [-0.05, 0) is 17.5 Å². The first-order valence-electron chi connectivity index (χ1n) is 5.85. The van der Waals surface area contributed by atoms with Crippen molar-refractivity contribution in [3.8, 4) is 0 Å². The number of aliphatic hydroxyl groups excluding tert-OH is 1. The van der Waals surface area contributed by atoms with E-state index in [1.807, 2.05) is 0 Å². The lowest BCUT2D eigenvalue weighted by molar-refractivity contribution is -0.137. The summed E-state index contributed by atoms with van der Waals surface area (Å²) in [7, 11) is 0. The molecule has 0 aromatic heterocycles. The largest absolute Gasteiger partial charge is 0.416 e. The van der Waals surface area contributed by atoms with E-state index in [0.29, 0.717) is 12.1 Å². The van der Waals surface area contributed by atoms with Crippen LogP contribution < -0.4 is 5.73 Å². The molecule has 1 aromatic rings. The third-order valence-corrected chi connectivity index (χ3v) is 3.25. The highest BCUT2D eigenvalue weighted by Crippen LogP contribution is 2.37. The van der Waals surface area contributed by atoms with Gasteiger partial charge in [0.25, 0.3) is 0 Å². The molecule has 0 fully saturated rings. The molecule has 0 saturated heterocycles. The monoisotopic (exact) mass is 313 g/mol. The van der Waals surface area contributed by atoms with Gasteiger partial charge in [-0.25, -0.2) is 4.39 Å². The molecule has 0 amide bonds. The van der Waals surface area contributed by atoms with E-state index in [2.05, 4.69) is 0 Å². The number of alkyl halides is 3. The number of halogens is 5. The topological polar surface area (TPSA) is 46.2 Å². The maximum Gasteiger partial charge on any atom is 0.416 e. The third-order valence-electron chi connectivity index (χ3n) is 2.97. The molecule has 0 aliphatic carbocycles. The van der Waals surface area contributed by atoms with Gasteiger partial charge >= 0.3 is 6.18 Å². The van der Waals surface area contributed by atoms with Gasteiger partial charge in [-0.3, -0.25) is 0 Å². The van der Waals surface area contributed by atoms with Crippen LogP contribution in [0.1, 0.15) is 37.9 Å². The van der Waals surface area contributed by atoms with E-state index >= 15 is 0 Å². The lowest BCUT2D eigenvalue weighted by Gasteiger charge is -2.31. The smallest absolute Gasteiger partial charge is 0.391 e. The fraction of sp³-hybridized carbons (Fsp3) is 0.538. The van der Waals surface area contributed by atoms with Crippen LogP contribution in [-0.2, 0) is 6.18 Å². The van der Waals surface area contributed by atoms with Gasteiger partial charge in [0.2, 0.25) is 0 Å². The van der Waals surface area contributed by atoms with Crippen molar-refractivity contribution in [3.63, 3.8) is 0 Å². The van der Waals surface area contributed by atoms with Crippen LogP contribution in [-0.4, -0.2) is 11.2 Å². The van der Waals surface area contributed by atoms with Crippen LogP contribution in [0.2, 0.25) is 5.02 Å². The molecule has 0 spiro atoms. The van der Waals surface area contributed by atoms with E-state index in [0.717, 1.165) is 0 Å². The van der Waals surface area contributed by atoms with E-state index < -0.39 is 45.7 Å². The van der Waals surface area contributed by atoms with Gasteiger partial charge in [0.05, 0.1) is 22.7 Å². The van der Waals surface area contributed by atoms with Crippen LogP contribution >= 0.6 is 11.6 Å². The summed E-state index contributed by atoms with van der Waals surface area (Å²) in [5.74, 6) is -1.05. The van der Waals surface area contributed by atoms with Crippen molar-refractivity contribution in [1.29, 1.82) is 0 Å². The Kier molecular flexibility index (Phi) is 4.73. The number of hydrogen-bond donors (Lipinski definition) is 2. The lowest BCUT2D eigenvalue weighted by atomic mass is 9.82. The fourth-order valence-corrected chi connectivity index (χ4v) is 1.95. The van der Waals surface area contributed by atoms with Gasteiger partial charge in [0, 0.05) is 5.56 Å². The molecular weight excluding hydrogens is 298 g/mol. The van der Waals surface area contributed by atoms with E-state index in [4.69, 9.17) is 17.3 Å². The zero-order valence-electron chi connectivity index (χ0n) is 11.2. The zero-order chi connectivity index (χ0) is 15.9. The number of aliphatic hydroxyl groups is 1. The van der Waals surface area contributed by atoms with Crippen LogP contribution in [0.4, 0.5) is 17.6 Å². The summed E-state index contributed by atoms with van der Waals surface area (Å²) in [5, 5.41) is 9.33. The molecule has 7 heteroatoms. The molecule has 0 radical (unpaired) electrons. The van der Waals surface area contributed by atoms with Crippen molar-refractivity contribution in [1.82, 2.24) is 0 Å². The first-order chi connectivity index (χ1) is 8.85. The van der Waals surface area contributed by atoms with Gasteiger partial charge in [0.1, 0.15) is 5.82 Å². The summed E-state index contributed by atoms with van der Waals surface area (Å²) in [6.07, 6.45) is -5.89. The maximum atomic E-state index is 13.9. The summed E-state index contributed by atoms with van der Waals surface area (Å²) < 4.78 is 52.0. The zero-order valence-corrected chi connectivity index (χ0v) is 12.0. The molecule has 1 aromatic carbocycles. The molecule has 20 heavy (non-hydrogen) atoms. The van der Waals surface area contributed by atoms with Crippen molar-refractivity contribution in [2.45, 2.75) is 39.1 Å². The van der Waals surface area contributed by atoms with Crippen molar-refractivity contribution < 1.29 is 22.7 Å². The normalized spacial score (nSPS) is 16.1. The van der Waals surface area contributed by atoms with Crippen molar-refractivity contribution >= 4 is 11.6 Å². The average Bonchev–Trinajstić information content (AvgIpc) is 2.28. The van der Waals surface area contributed by atoms with Crippen molar-refractivity contribution in [2.75, 3.05) is 0 Å². The molecule has 0 unspecified atom stereocenters. The SMILES string of the molecule is CC(C)(C)[C@H](O)[C@H](N)c1cc(C(F)(F)F)cc(Cl)c1F. The second-order valence-corrected chi connectivity index (χ2v) is 6.10.